The molecule has 6 heteroatoms. The van der Waals surface area contributed by atoms with Gasteiger partial charge in [-0.1, -0.05) is 6.07 Å². The Labute approximate surface area is 117 Å². The number of benzene rings is 1. The summed E-state index contributed by atoms with van der Waals surface area (Å²) in [6.07, 6.45) is 1.77. The summed E-state index contributed by atoms with van der Waals surface area (Å²) in [4.78, 5) is 2.26. The van der Waals surface area contributed by atoms with Gasteiger partial charge in [0.1, 0.15) is 12.2 Å². The van der Waals surface area contributed by atoms with E-state index >= 15 is 0 Å². The zero-order chi connectivity index (χ0) is 13.9. The Morgan fingerprint density at radius 1 is 1.30 bits per heavy atom. The molecule has 20 heavy (non-hydrogen) atoms. The van der Waals surface area contributed by atoms with E-state index in [2.05, 4.69) is 32.8 Å². The van der Waals surface area contributed by atoms with Gasteiger partial charge in [0.15, 0.2) is 11.5 Å². The molecule has 0 saturated carbocycles. The van der Waals surface area contributed by atoms with Crippen molar-refractivity contribution in [3.63, 3.8) is 0 Å². The van der Waals surface area contributed by atoms with E-state index in [-0.39, 0.29) is 0 Å². The van der Waals surface area contributed by atoms with Crippen molar-refractivity contribution in [2.45, 2.75) is 20.0 Å². The van der Waals surface area contributed by atoms with E-state index in [9.17, 15) is 0 Å². The van der Waals surface area contributed by atoms with Crippen molar-refractivity contribution in [2.24, 2.45) is 0 Å². The minimum atomic E-state index is 0.321. The van der Waals surface area contributed by atoms with Crippen LogP contribution in [0, 0.1) is 6.92 Å². The summed E-state index contributed by atoms with van der Waals surface area (Å²) in [5.74, 6) is 2.61. The largest absolute Gasteiger partial charge is 0.454 e. The molecule has 0 saturated heterocycles. The van der Waals surface area contributed by atoms with E-state index in [4.69, 9.17) is 9.47 Å². The van der Waals surface area contributed by atoms with Gasteiger partial charge in [-0.3, -0.25) is 0 Å². The van der Waals surface area contributed by atoms with Gasteiger partial charge < -0.3 is 18.9 Å². The second-order valence-electron chi connectivity index (χ2n) is 5.00. The molecule has 0 spiro atoms. The molecule has 0 atom stereocenters. The lowest BCUT2D eigenvalue weighted by Crippen LogP contribution is -2.23. The molecule has 0 fully saturated rings. The molecule has 0 aliphatic carbocycles. The highest BCUT2D eigenvalue weighted by atomic mass is 16.7. The summed E-state index contributed by atoms with van der Waals surface area (Å²) in [5.41, 5.74) is 1.22. The molecular formula is C14H18N4O2. The maximum atomic E-state index is 5.39. The van der Waals surface area contributed by atoms with E-state index in [0.29, 0.717) is 6.79 Å². The number of aromatic nitrogens is 3. The summed E-state index contributed by atoms with van der Waals surface area (Å²) in [6, 6.07) is 6.09. The number of hydrogen-bond donors (Lipinski definition) is 0. The van der Waals surface area contributed by atoms with Crippen molar-refractivity contribution in [3.05, 3.63) is 35.9 Å². The van der Waals surface area contributed by atoms with Crippen molar-refractivity contribution in [3.8, 4) is 11.5 Å². The molecule has 106 valence electrons. The van der Waals surface area contributed by atoms with Crippen LogP contribution in [0.4, 0.5) is 0 Å². The highest BCUT2D eigenvalue weighted by Gasteiger charge is 2.13. The zero-order valence-corrected chi connectivity index (χ0v) is 11.7. The Hall–Kier alpha value is -2.08. The van der Waals surface area contributed by atoms with Gasteiger partial charge in [0, 0.05) is 19.6 Å². The smallest absolute Gasteiger partial charge is 0.231 e. The highest BCUT2D eigenvalue weighted by Crippen LogP contribution is 2.32. The number of rotatable bonds is 5. The first-order chi connectivity index (χ1) is 9.72. The molecule has 3 rings (SSSR count). The quantitative estimate of drug-likeness (QED) is 0.826. The molecular weight excluding hydrogens is 256 g/mol. The normalized spacial score (nSPS) is 13.2. The number of likely N-dealkylation sites (N-methyl/N-ethyl adjacent to an activating group) is 1. The molecule has 0 bridgehead atoms. The van der Waals surface area contributed by atoms with Crippen LogP contribution in [0.1, 0.15) is 11.4 Å². The minimum Gasteiger partial charge on any atom is -0.454 e. The highest BCUT2D eigenvalue weighted by molar-refractivity contribution is 5.44. The van der Waals surface area contributed by atoms with Crippen LogP contribution in [0.25, 0.3) is 0 Å². The third-order valence-corrected chi connectivity index (χ3v) is 3.42. The molecule has 1 aliphatic heterocycles. The lowest BCUT2D eigenvalue weighted by molar-refractivity contribution is 0.174. The lowest BCUT2D eigenvalue weighted by atomic mass is 10.2. The number of hydrogen-bond acceptors (Lipinski definition) is 5. The van der Waals surface area contributed by atoms with Gasteiger partial charge in [0.05, 0.1) is 0 Å². The summed E-state index contributed by atoms with van der Waals surface area (Å²) >= 11 is 0. The molecule has 0 unspecified atom stereocenters. The van der Waals surface area contributed by atoms with Gasteiger partial charge in [0.25, 0.3) is 0 Å². The van der Waals surface area contributed by atoms with Gasteiger partial charge in [-0.15, -0.1) is 10.2 Å². The maximum Gasteiger partial charge on any atom is 0.231 e. The SMILES string of the molecule is Cc1nncn1CCN(C)Cc1ccc2c(c1)OCO2. The van der Waals surface area contributed by atoms with Crippen LogP contribution in [-0.4, -0.2) is 40.0 Å². The van der Waals surface area contributed by atoms with Crippen molar-refractivity contribution in [2.75, 3.05) is 20.4 Å². The molecule has 1 aliphatic rings. The van der Waals surface area contributed by atoms with E-state index in [0.717, 1.165) is 37.0 Å². The first kappa shape index (κ1) is 12.9. The number of ether oxygens (including phenoxy) is 2. The van der Waals surface area contributed by atoms with Crippen LogP contribution in [0.5, 0.6) is 11.5 Å². The van der Waals surface area contributed by atoms with Crippen molar-refractivity contribution in [1.82, 2.24) is 19.7 Å². The Bertz CT molecular complexity index is 597. The Kier molecular flexibility index (Phi) is 3.56. The molecule has 1 aromatic heterocycles. The summed E-state index contributed by atoms with van der Waals surface area (Å²) < 4.78 is 12.8. The van der Waals surface area contributed by atoms with E-state index in [1.807, 2.05) is 19.1 Å². The number of nitrogens with zero attached hydrogens (tertiary/aromatic N) is 4. The minimum absolute atomic E-state index is 0.321. The van der Waals surface area contributed by atoms with Gasteiger partial charge in [-0.25, -0.2) is 0 Å². The Morgan fingerprint density at radius 2 is 2.15 bits per heavy atom. The third kappa shape index (κ3) is 2.75. The van der Waals surface area contributed by atoms with Crippen molar-refractivity contribution < 1.29 is 9.47 Å². The fourth-order valence-electron chi connectivity index (χ4n) is 2.24. The molecule has 2 heterocycles. The van der Waals surface area contributed by atoms with Crippen LogP contribution in [0.2, 0.25) is 0 Å². The molecule has 1 aromatic carbocycles. The third-order valence-electron chi connectivity index (χ3n) is 3.42. The lowest BCUT2D eigenvalue weighted by Gasteiger charge is -2.17. The van der Waals surface area contributed by atoms with Gasteiger partial charge in [-0.05, 0) is 31.7 Å². The second-order valence-corrected chi connectivity index (χ2v) is 5.00. The fraction of sp³-hybridized carbons (Fsp3) is 0.429. The average molecular weight is 274 g/mol. The van der Waals surface area contributed by atoms with E-state index in [1.165, 1.54) is 5.56 Å². The molecule has 0 amide bonds. The summed E-state index contributed by atoms with van der Waals surface area (Å²) in [7, 11) is 2.10. The zero-order valence-electron chi connectivity index (χ0n) is 11.7. The molecule has 0 radical (unpaired) electrons. The van der Waals surface area contributed by atoms with Crippen LogP contribution in [0.15, 0.2) is 24.5 Å². The summed E-state index contributed by atoms with van der Waals surface area (Å²) in [6.45, 7) is 4.98. The predicted molar refractivity (Wildman–Crippen MR) is 73.7 cm³/mol. The van der Waals surface area contributed by atoms with Crippen LogP contribution in [0.3, 0.4) is 0 Å². The predicted octanol–water partition coefficient (Wildman–Crippen LogP) is 1.45. The molecule has 6 nitrogen and oxygen atoms in total. The van der Waals surface area contributed by atoms with E-state index < -0.39 is 0 Å². The maximum absolute atomic E-state index is 5.39. The first-order valence-electron chi connectivity index (χ1n) is 6.64. The van der Waals surface area contributed by atoms with Gasteiger partial charge in [0.2, 0.25) is 6.79 Å². The standard InChI is InChI=1S/C14H18N4O2/c1-11-16-15-9-18(11)6-5-17(2)8-12-3-4-13-14(7-12)20-10-19-13/h3-4,7,9H,5-6,8,10H2,1-2H3. The van der Waals surface area contributed by atoms with Crippen molar-refractivity contribution >= 4 is 0 Å². The fourth-order valence-corrected chi connectivity index (χ4v) is 2.24. The first-order valence-corrected chi connectivity index (χ1v) is 6.64. The van der Waals surface area contributed by atoms with Crippen LogP contribution in [-0.2, 0) is 13.1 Å². The molecule has 2 aromatic rings. The monoisotopic (exact) mass is 274 g/mol. The van der Waals surface area contributed by atoms with Gasteiger partial charge >= 0.3 is 0 Å². The Morgan fingerprint density at radius 3 is 2.95 bits per heavy atom. The Balaban J connectivity index is 1.56. The summed E-state index contributed by atoms with van der Waals surface area (Å²) in [5, 5.41) is 7.87. The topological polar surface area (TPSA) is 52.4 Å². The number of aryl methyl sites for hydroxylation is 1. The van der Waals surface area contributed by atoms with E-state index in [1.54, 1.807) is 6.33 Å². The second kappa shape index (κ2) is 5.50. The van der Waals surface area contributed by atoms with Crippen LogP contribution < -0.4 is 9.47 Å². The van der Waals surface area contributed by atoms with Crippen molar-refractivity contribution in [1.29, 1.82) is 0 Å². The van der Waals surface area contributed by atoms with Gasteiger partial charge in [-0.2, -0.15) is 0 Å². The number of fused-ring (bicyclic) bond motifs is 1. The van der Waals surface area contributed by atoms with Crippen LogP contribution >= 0.6 is 0 Å². The average Bonchev–Trinajstić information content (AvgIpc) is 3.04. The molecule has 0 N–H and O–H groups in total.